The van der Waals surface area contributed by atoms with Crippen LogP contribution in [0.1, 0.15) is 39.9 Å². The van der Waals surface area contributed by atoms with Gasteiger partial charge in [0.15, 0.2) is 5.69 Å². The van der Waals surface area contributed by atoms with Crippen molar-refractivity contribution < 1.29 is 31.5 Å². The van der Waals surface area contributed by atoms with Crippen molar-refractivity contribution in [3.8, 4) is 0 Å². The second kappa shape index (κ2) is 12.3. The highest BCUT2D eigenvalue weighted by Crippen LogP contribution is 2.17. The predicted octanol–water partition coefficient (Wildman–Crippen LogP) is 2.69. The van der Waals surface area contributed by atoms with Crippen LogP contribution in [0.25, 0.3) is 0 Å². The molecule has 9 nitrogen and oxygen atoms in total. The molecule has 0 aliphatic rings. The second-order valence-corrected chi connectivity index (χ2v) is 10.5. The Balaban J connectivity index is 1.75. The molecule has 3 aromatic rings. The number of aliphatic hydroxyl groups is 1. The summed E-state index contributed by atoms with van der Waals surface area (Å²) in [5.74, 6) is -2.28. The molecule has 2 aromatic carbocycles. The highest BCUT2D eigenvalue weighted by molar-refractivity contribution is 7.91. The molecular formula is C25H30F2N4O5S. The highest BCUT2D eigenvalue weighted by atomic mass is 32.2. The number of aromatic nitrogens is 1. The van der Waals surface area contributed by atoms with Crippen molar-refractivity contribution in [2.24, 2.45) is 0 Å². The van der Waals surface area contributed by atoms with Gasteiger partial charge in [-0.1, -0.05) is 31.2 Å². The number of carbonyl (C=O) groups is 1. The summed E-state index contributed by atoms with van der Waals surface area (Å²) in [7, 11) is -3.69. The standard InChI is InChI=1S/C25H30F2N4O5S/c1-4-16-6-5-7-17(8-16)13-28-14-22(32)21(11-18-9-19(26)12-20(27)10-18)29-24(33)23-15(2)36-25(30-23)31-37(3,34)35/h5-10,12,21-22,28,32H,4,11,13-14H2,1-3H3,(H,29,33)(H,30,31). The molecule has 0 saturated heterocycles. The van der Waals surface area contributed by atoms with Crippen LogP contribution in [0, 0.1) is 18.6 Å². The third-order valence-electron chi connectivity index (χ3n) is 5.53. The summed E-state index contributed by atoms with van der Waals surface area (Å²) in [5, 5.41) is 16.7. The van der Waals surface area contributed by atoms with Gasteiger partial charge < -0.3 is 20.2 Å². The van der Waals surface area contributed by atoms with E-state index in [2.05, 4.69) is 22.5 Å². The van der Waals surface area contributed by atoms with E-state index in [4.69, 9.17) is 4.42 Å². The molecule has 3 rings (SSSR count). The fourth-order valence-electron chi connectivity index (χ4n) is 3.78. The summed E-state index contributed by atoms with van der Waals surface area (Å²) in [6.07, 6.45) is 0.560. The minimum Gasteiger partial charge on any atom is -0.428 e. The van der Waals surface area contributed by atoms with Crippen LogP contribution in [-0.4, -0.2) is 49.4 Å². The van der Waals surface area contributed by atoms with Crippen LogP contribution >= 0.6 is 0 Å². The van der Waals surface area contributed by atoms with Crippen LogP contribution in [0.5, 0.6) is 0 Å². The van der Waals surface area contributed by atoms with Gasteiger partial charge in [0.1, 0.15) is 17.4 Å². The zero-order valence-corrected chi connectivity index (χ0v) is 21.5. The fourth-order valence-corrected chi connectivity index (χ4v) is 4.18. The van der Waals surface area contributed by atoms with Crippen LogP contribution in [0.3, 0.4) is 0 Å². The highest BCUT2D eigenvalue weighted by Gasteiger charge is 2.26. The quantitative estimate of drug-likeness (QED) is 0.280. The van der Waals surface area contributed by atoms with Gasteiger partial charge in [0.2, 0.25) is 10.0 Å². The first-order valence-corrected chi connectivity index (χ1v) is 13.5. The van der Waals surface area contributed by atoms with Gasteiger partial charge in [-0.2, -0.15) is 4.98 Å². The van der Waals surface area contributed by atoms with Crippen molar-refractivity contribution in [3.63, 3.8) is 0 Å². The zero-order valence-electron chi connectivity index (χ0n) is 20.7. The molecule has 0 spiro atoms. The van der Waals surface area contributed by atoms with Gasteiger partial charge in [0.25, 0.3) is 5.91 Å². The Labute approximate surface area is 214 Å². The summed E-state index contributed by atoms with van der Waals surface area (Å²) >= 11 is 0. The van der Waals surface area contributed by atoms with Crippen molar-refractivity contribution in [1.29, 1.82) is 0 Å². The maximum atomic E-state index is 13.8. The van der Waals surface area contributed by atoms with Crippen LogP contribution in [0.4, 0.5) is 14.8 Å². The third kappa shape index (κ3) is 8.62. The van der Waals surface area contributed by atoms with Gasteiger partial charge in [0, 0.05) is 19.2 Å². The van der Waals surface area contributed by atoms with E-state index in [0.29, 0.717) is 6.54 Å². The first-order valence-electron chi connectivity index (χ1n) is 11.6. The van der Waals surface area contributed by atoms with Gasteiger partial charge in [-0.3, -0.25) is 4.79 Å². The number of halogens is 2. The summed E-state index contributed by atoms with van der Waals surface area (Å²) in [4.78, 5) is 16.8. The molecule has 2 atom stereocenters. The number of rotatable bonds is 12. The largest absolute Gasteiger partial charge is 0.428 e. The molecule has 1 heterocycles. The Hall–Kier alpha value is -3.35. The van der Waals surface area contributed by atoms with Crippen molar-refractivity contribution in [1.82, 2.24) is 15.6 Å². The number of anilines is 1. The molecule has 37 heavy (non-hydrogen) atoms. The van der Waals surface area contributed by atoms with E-state index < -0.39 is 39.7 Å². The Morgan fingerprint density at radius 1 is 1.11 bits per heavy atom. The number of nitrogens with zero attached hydrogens (tertiary/aromatic N) is 1. The first-order chi connectivity index (χ1) is 17.4. The molecule has 12 heteroatoms. The topological polar surface area (TPSA) is 134 Å². The van der Waals surface area contributed by atoms with E-state index in [1.807, 2.05) is 29.0 Å². The Bertz CT molecular complexity index is 1330. The normalized spacial score (nSPS) is 13.2. The van der Waals surface area contributed by atoms with E-state index in [0.717, 1.165) is 36.4 Å². The average Bonchev–Trinajstić information content (AvgIpc) is 3.16. The molecule has 0 radical (unpaired) electrons. The SMILES string of the molecule is CCc1cccc(CNCC(O)C(Cc2cc(F)cc(F)c2)NC(=O)c2nc(NS(C)(=O)=O)oc2C)c1. The smallest absolute Gasteiger partial charge is 0.309 e. The van der Waals surface area contributed by atoms with E-state index in [1.54, 1.807) is 0 Å². The number of aliphatic hydroxyl groups excluding tert-OH is 1. The number of oxazole rings is 1. The van der Waals surface area contributed by atoms with Crippen LogP contribution < -0.4 is 15.4 Å². The molecule has 2 unspecified atom stereocenters. The molecule has 0 aliphatic heterocycles. The number of sulfonamides is 1. The molecule has 1 aromatic heterocycles. The molecule has 0 saturated carbocycles. The number of nitrogens with one attached hydrogen (secondary N) is 3. The predicted molar refractivity (Wildman–Crippen MR) is 135 cm³/mol. The van der Waals surface area contributed by atoms with E-state index in [9.17, 15) is 27.1 Å². The van der Waals surface area contributed by atoms with Crippen molar-refractivity contribution in [3.05, 3.63) is 82.2 Å². The molecule has 0 bridgehead atoms. The van der Waals surface area contributed by atoms with Crippen molar-refractivity contribution in [2.75, 3.05) is 17.5 Å². The van der Waals surface area contributed by atoms with E-state index in [-0.39, 0.29) is 36.0 Å². The van der Waals surface area contributed by atoms with Crippen molar-refractivity contribution in [2.45, 2.75) is 45.4 Å². The summed E-state index contributed by atoms with van der Waals surface area (Å²) in [6.45, 7) is 4.01. The van der Waals surface area contributed by atoms with Gasteiger partial charge in [-0.25, -0.2) is 21.9 Å². The first kappa shape index (κ1) is 28.2. The Kier molecular flexibility index (Phi) is 9.35. The van der Waals surface area contributed by atoms with E-state index >= 15 is 0 Å². The zero-order chi connectivity index (χ0) is 27.2. The monoisotopic (exact) mass is 536 g/mol. The number of aryl methyl sites for hydroxylation is 2. The third-order valence-corrected chi connectivity index (χ3v) is 6.07. The molecule has 0 aliphatic carbocycles. The maximum Gasteiger partial charge on any atom is 0.309 e. The fraction of sp³-hybridized carbons (Fsp3) is 0.360. The number of amides is 1. The summed E-state index contributed by atoms with van der Waals surface area (Å²) in [6, 6.07) is 9.57. The minimum absolute atomic E-state index is 0.0441. The number of hydrogen-bond acceptors (Lipinski definition) is 7. The molecule has 4 N–H and O–H groups in total. The molecule has 0 fully saturated rings. The number of hydrogen-bond donors (Lipinski definition) is 4. The van der Waals surface area contributed by atoms with Gasteiger partial charge in [-0.15, -0.1) is 0 Å². The molecular weight excluding hydrogens is 506 g/mol. The number of carbonyl (C=O) groups excluding carboxylic acids is 1. The van der Waals surface area contributed by atoms with Crippen LogP contribution in [0.2, 0.25) is 0 Å². The lowest BCUT2D eigenvalue weighted by Gasteiger charge is -2.24. The maximum absolute atomic E-state index is 13.8. The van der Waals surface area contributed by atoms with Gasteiger partial charge in [0.05, 0.1) is 18.4 Å². The molecule has 1 amide bonds. The second-order valence-electron chi connectivity index (χ2n) is 8.73. The van der Waals surface area contributed by atoms with Crippen molar-refractivity contribution >= 4 is 21.9 Å². The van der Waals surface area contributed by atoms with Gasteiger partial charge >= 0.3 is 6.01 Å². The Morgan fingerprint density at radius 3 is 2.43 bits per heavy atom. The lowest BCUT2D eigenvalue weighted by molar-refractivity contribution is 0.0824. The minimum atomic E-state index is -3.69. The lowest BCUT2D eigenvalue weighted by Crippen LogP contribution is -2.48. The average molecular weight is 537 g/mol. The number of benzene rings is 2. The van der Waals surface area contributed by atoms with Gasteiger partial charge in [-0.05, 0) is 48.6 Å². The van der Waals surface area contributed by atoms with Crippen LogP contribution in [-0.2, 0) is 29.4 Å². The summed E-state index contributed by atoms with van der Waals surface area (Å²) < 4.78 is 57.7. The Morgan fingerprint density at radius 2 is 1.78 bits per heavy atom. The summed E-state index contributed by atoms with van der Waals surface area (Å²) in [5.41, 5.74) is 2.22. The molecule has 200 valence electrons. The van der Waals surface area contributed by atoms with E-state index in [1.165, 1.54) is 12.5 Å². The lowest BCUT2D eigenvalue weighted by atomic mass is 10.00. The van der Waals surface area contributed by atoms with Crippen LogP contribution in [0.15, 0.2) is 46.9 Å².